The molecule has 0 amide bonds. The monoisotopic (exact) mass is 402 g/mol. The largest absolute Gasteiger partial charge is 0.345 e. The van der Waals surface area contributed by atoms with Crippen molar-refractivity contribution in [3.05, 3.63) is 48.2 Å². The van der Waals surface area contributed by atoms with Crippen LogP contribution in [0, 0.1) is 0 Å². The quantitative estimate of drug-likeness (QED) is 0.670. The highest BCUT2D eigenvalue weighted by molar-refractivity contribution is 7.89. The summed E-state index contributed by atoms with van der Waals surface area (Å²) in [6, 6.07) is 11.1. The smallest absolute Gasteiger partial charge is 0.243 e. The number of sulfonamides is 1. The van der Waals surface area contributed by atoms with Crippen LogP contribution < -0.4 is 4.90 Å². The van der Waals surface area contributed by atoms with Crippen molar-refractivity contribution in [2.45, 2.75) is 24.7 Å². The second-order valence-electron chi connectivity index (χ2n) is 6.94. The zero-order chi connectivity index (χ0) is 19.0. The van der Waals surface area contributed by atoms with E-state index in [1.807, 2.05) is 24.3 Å². The molecular weight excluding hydrogens is 380 g/mol. The molecule has 6 nitrogen and oxygen atoms in total. The Morgan fingerprint density at radius 2 is 1.74 bits per heavy atom. The fraction of sp³-hybridized carbons (Fsp3) is 0.368. The van der Waals surface area contributed by atoms with Crippen LogP contribution in [-0.4, -0.2) is 48.9 Å². The highest BCUT2D eigenvalue weighted by atomic mass is 32.2. The first-order valence-corrected chi connectivity index (χ1v) is 11.3. The Morgan fingerprint density at radius 3 is 2.37 bits per heavy atom. The molecule has 1 saturated heterocycles. The third kappa shape index (κ3) is 3.56. The number of thiazole rings is 1. The zero-order valence-corrected chi connectivity index (χ0v) is 17.0. The minimum absolute atomic E-state index is 0.365. The minimum Gasteiger partial charge on any atom is -0.345 e. The van der Waals surface area contributed by atoms with Gasteiger partial charge in [0.2, 0.25) is 10.0 Å². The van der Waals surface area contributed by atoms with E-state index >= 15 is 0 Å². The Balaban J connectivity index is 1.47. The molecule has 1 fully saturated rings. The molecule has 0 saturated carbocycles. The number of anilines is 1. The van der Waals surface area contributed by atoms with Crippen molar-refractivity contribution >= 4 is 36.8 Å². The van der Waals surface area contributed by atoms with E-state index in [1.165, 1.54) is 0 Å². The molecule has 3 heterocycles. The van der Waals surface area contributed by atoms with Gasteiger partial charge in [0.1, 0.15) is 10.3 Å². The standard InChI is InChI=1S/C19H22N4O2S2/c1-14(2)15-5-7-16(8-6-15)27(24,25)23-12-10-22(11-13-23)19-21-17-4-3-9-20-18(17)26-19/h3-9,14H,10-13H2,1-2H3. The van der Waals surface area contributed by atoms with Crippen molar-refractivity contribution in [3.8, 4) is 0 Å². The van der Waals surface area contributed by atoms with Crippen molar-refractivity contribution in [2.24, 2.45) is 0 Å². The maximum Gasteiger partial charge on any atom is 0.243 e. The summed E-state index contributed by atoms with van der Waals surface area (Å²) in [6.45, 7) is 6.36. The van der Waals surface area contributed by atoms with Crippen molar-refractivity contribution in [1.29, 1.82) is 0 Å². The van der Waals surface area contributed by atoms with Crippen LogP contribution in [0.5, 0.6) is 0 Å². The Kier molecular flexibility index (Phi) is 4.88. The topological polar surface area (TPSA) is 66.4 Å². The minimum atomic E-state index is -3.46. The summed E-state index contributed by atoms with van der Waals surface area (Å²) in [5.74, 6) is 0.383. The molecule has 2 aromatic heterocycles. The number of fused-ring (bicyclic) bond motifs is 1. The molecule has 1 aliphatic heterocycles. The summed E-state index contributed by atoms with van der Waals surface area (Å²) < 4.78 is 27.4. The number of hydrogen-bond donors (Lipinski definition) is 0. The van der Waals surface area contributed by atoms with Gasteiger partial charge in [0.25, 0.3) is 0 Å². The molecule has 1 aromatic carbocycles. The molecule has 1 aliphatic rings. The molecule has 0 unspecified atom stereocenters. The van der Waals surface area contributed by atoms with Crippen molar-refractivity contribution in [2.75, 3.05) is 31.1 Å². The lowest BCUT2D eigenvalue weighted by Gasteiger charge is -2.33. The summed E-state index contributed by atoms with van der Waals surface area (Å²) in [4.78, 5) is 12.4. The van der Waals surface area contributed by atoms with Gasteiger partial charge in [0.15, 0.2) is 5.13 Å². The first-order chi connectivity index (χ1) is 12.9. The Hall–Kier alpha value is -2.03. The number of piperazine rings is 1. The second-order valence-corrected chi connectivity index (χ2v) is 9.83. The molecule has 0 atom stereocenters. The molecule has 0 spiro atoms. The average Bonchev–Trinajstić information content (AvgIpc) is 3.12. The summed E-state index contributed by atoms with van der Waals surface area (Å²) >= 11 is 1.55. The van der Waals surface area contributed by atoms with Gasteiger partial charge in [-0.15, -0.1) is 0 Å². The molecular formula is C19H22N4O2S2. The predicted molar refractivity (Wildman–Crippen MR) is 109 cm³/mol. The van der Waals surface area contributed by atoms with Gasteiger partial charge in [0.05, 0.1) is 4.90 Å². The SMILES string of the molecule is CC(C)c1ccc(S(=O)(=O)N2CCN(c3nc4cccnc4s3)CC2)cc1. The number of aromatic nitrogens is 2. The van der Waals surface area contributed by atoms with E-state index in [1.54, 1.807) is 34.0 Å². The molecule has 8 heteroatoms. The molecule has 0 radical (unpaired) electrons. The average molecular weight is 403 g/mol. The van der Waals surface area contributed by atoms with Gasteiger partial charge in [-0.3, -0.25) is 0 Å². The van der Waals surface area contributed by atoms with E-state index in [2.05, 4.69) is 28.7 Å². The van der Waals surface area contributed by atoms with Gasteiger partial charge >= 0.3 is 0 Å². The van der Waals surface area contributed by atoms with Crippen LogP contribution >= 0.6 is 11.3 Å². The van der Waals surface area contributed by atoms with Gasteiger partial charge < -0.3 is 4.90 Å². The van der Waals surface area contributed by atoms with Crippen LogP contribution in [-0.2, 0) is 10.0 Å². The third-order valence-electron chi connectivity index (χ3n) is 4.85. The lowest BCUT2D eigenvalue weighted by atomic mass is 10.0. The number of nitrogens with zero attached hydrogens (tertiary/aromatic N) is 4. The third-order valence-corrected chi connectivity index (χ3v) is 7.80. The lowest BCUT2D eigenvalue weighted by Crippen LogP contribution is -2.48. The van der Waals surface area contributed by atoms with Crippen molar-refractivity contribution in [3.63, 3.8) is 0 Å². The van der Waals surface area contributed by atoms with Gasteiger partial charge in [0, 0.05) is 32.4 Å². The summed E-state index contributed by atoms with van der Waals surface area (Å²) in [6.07, 6.45) is 1.76. The summed E-state index contributed by atoms with van der Waals surface area (Å²) in [5.41, 5.74) is 2.03. The Bertz CT molecular complexity index is 1000. The lowest BCUT2D eigenvalue weighted by molar-refractivity contribution is 0.385. The molecule has 27 heavy (non-hydrogen) atoms. The van der Waals surface area contributed by atoms with Gasteiger partial charge in [-0.25, -0.2) is 18.4 Å². The first kappa shape index (κ1) is 18.3. The highest BCUT2D eigenvalue weighted by Crippen LogP contribution is 2.28. The molecule has 3 aromatic rings. The fourth-order valence-corrected chi connectivity index (χ4v) is 5.57. The maximum atomic E-state index is 12.9. The Morgan fingerprint density at radius 1 is 1.04 bits per heavy atom. The van der Waals surface area contributed by atoms with E-state index in [-0.39, 0.29) is 0 Å². The van der Waals surface area contributed by atoms with Crippen molar-refractivity contribution < 1.29 is 8.42 Å². The Labute approximate surface area is 163 Å². The number of hydrogen-bond acceptors (Lipinski definition) is 6. The van der Waals surface area contributed by atoms with Gasteiger partial charge in [-0.1, -0.05) is 37.3 Å². The second kappa shape index (κ2) is 7.18. The zero-order valence-electron chi connectivity index (χ0n) is 15.4. The maximum absolute atomic E-state index is 12.9. The van der Waals surface area contributed by atoms with E-state index < -0.39 is 10.0 Å². The first-order valence-electron chi connectivity index (χ1n) is 9.02. The van der Waals surface area contributed by atoms with Crippen LogP contribution in [0.3, 0.4) is 0 Å². The van der Waals surface area contributed by atoms with E-state index in [9.17, 15) is 8.42 Å². The summed E-state index contributed by atoms with van der Waals surface area (Å²) in [7, 11) is -3.46. The fourth-order valence-electron chi connectivity index (χ4n) is 3.19. The molecule has 0 bridgehead atoms. The highest BCUT2D eigenvalue weighted by Gasteiger charge is 2.29. The van der Waals surface area contributed by atoms with Crippen LogP contribution in [0.15, 0.2) is 47.5 Å². The summed E-state index contributed by atoms with van der Waals surface area (Å²) in [5, 5.41) is 0.905. The molecule has 0 aliphatic carbocycles. The van der Waals surface area contributed by atoms with Crippen LogP contribution in [0.4, 0.5) is 5.13 Å². The molecule has 0 N–H and O–H groups in total. The van der Waals surface area contributed by atoms with E-state index in [0.29, 0.717) is 37.0 Å². The molecule has 142 valence electrons. The van der Waals surface area contributed by atoms with Crippen LogP contribution in [0.1, 0.15) is 25.3 Å². The number of rotatable bonds is 4. The van der Waals surface area contributed by atoms with Gasteiger partial charge in [-0.05, 0) is 35.7 Å². The van der Waals surface area contributed by atoms with E-state index in [4.69, 9.17) is 0 Å². The van der Waals surface area contributed by atoms with Crippen LogP contribution in [0.2, 0.25) is 0 Å². The number of benzene rings is 1. The van der Waals surface area contributed by atoms with Gasteiger partial charge in [-0.2, -0.15) is 4.31 Å². The predicted octanol–water partition coefficient (Wildman–Crippen LogP) is 3.33. The normalized spacial score (nSPS) is 16.3. The van der Waals surface area contributed by atoms with Crippen LogP contribution in [0.25, 0.3) is 10.3 Å². The number of pyridine rings is 1. The molecule has 4 rings (SSSR count). The van der Waals surface area contributed by atoms with Crippen molar-refractivity contribution in [1.82, 2.24) is 14.3 Å². The van der Waals surface area contributed by atoms with E-state index in [0.717, 1.165) is 21.0 Å².